The minimum absolute atomic E-state index is 0.0297. The van der Waals surface area contributed by atoms with Gasteiger partial charge in [0.25, 0.3) is 5.91 Å². The van der Waals surface area contributed by atoms with Crippen LogP contribution in [0.15, 0.2) is 23.3 Å². The lowest BCUT2D eigenvalue weighted by molar-refractivity contribution is -0.140. The molecule has 108 valence electrons. The molecule has 1 heterocycles. The molecule has 1 aromatic rings. The average molecular weight is 282 g/mol. The first kappa shape index (κ1) is 15.4. The first-order valence-electron chi connectivity index (χ1n) is 5.84. The lowest BCUT2D eigenvalue weighted by atomic mass is 10.1. The molecule has 0 aromatic carbocycles. The van der Waals surface area contributed by atoms with Crippen molar-refractivity contribution in [2.45, 2.75) is 25.3 Å². The normalized spacial score (nSPS) is 11.6. The Kier molecular flexibility index (Phi) is 5.45. The molecule has 0 saturated carbocycles. The first-order valence-corrected chi connectivity index (χ1v) is 5.84. The van der Waals surface area contributed by atoms with Crippen molar-refractivity contribution in [2.24, 2.45) is 0 Å². The van der Waals surface area contributed by atoms with Crippen LogP contribution in [-0.2, 0) is 9.59 Å². The topological polar surface area (TPSA) is 137 Å². The van der Waals surface area contributed by atoms with E-state index in [4.69, 9.17) is 10.2 Å². The highest BCUT2D eigenvalue weighted by Crippen LogP contribution is 2.03. The van der Waals surface area contributed by atoms with Gasteiger partial charge in [-0.1, -0.05) is 0 Å². The highest BCUT2D eigenvalue weighted by molar-refractivity contribution is 5.96. The molecule has 1 aromatic heterocycles. The highest BCUT2D eigenvalue weighted by Gasteiger charge is 2.21. The molecule has 1 amide bonds. The van der Waals surface area contributed by atoms with E-state index in [0.717, 1.165) is 6.07 Å². The van der Waals surface area contributed by atoms with Gasteiger partial charge in [0.1, 0.15) is 11.6 Å². The predicted octanol–water partition coefficient (Wildman–Crippen LogP) is -0.187. The molecular formula is C12H14N2O6. The van der Waals surface area contributed by atoms with Gasteiger partial charge < -0.3 is 20.5 Å². The quantitative estimate of drug-likeness (QED) is 0.547. The number of carboxylic acids is 2. The van der Waals surface area contributed by atoms with Gasteiger partial charge in [-0.15, -0.1) is 0 Å². The van der Waals surface area contributed by atoms with Crippen LogP contribution in [0.25, 0.3) is 0 Å². The van der Waals surface area contributed by atoms with Crippen molar-refractivity contribution < 1.29 is 24.6 Å². The van der Waals surface area contributed by atoms with E-state index in [0.29, 0.717) is 0 Å². The van der Waals surface area contributed by atoms with Crippen molar-refractivity contribution in [3.63, 3.8) is 0 Å². The number of carbonyl (C=O) groups excluding carboxylic acids is 1. The fourth-order valence-electron chi connectivity index (χ4n) is 1.54. The van der Waals surface area contributed by atoms with Crippen LogP contribution >= 0.6 is 0 Å². The monoisotopic (exact) mass is 282 g/mol. The van der Waals surface area contributed by atoms with Gasteiger partial charge in [0.15, 0.2) is 5.43 Å². The summed E-state index contributed by atoms with van der Waals surface area (Å²) in [6.07, 6.45) is 2.41. The molecule has 0 aliphatic carbocycles. The third-order valence-corrected chi connectivity index (χ3v) is 2.56. The summed E-state index contributed by atoms with van der Waals surface area (Å²) >= 11 is 0. The van der Waals surface area contributed by atoms with Crippen molar-refractivity contribution in [3.05, 3.63) is 34.2 Å². The Morgan fingerprint density at radius 1 is 1.30 bits per heavy atom. The maximum atomic E-state index is 11.8. The number of hydrogen-bond donors (Lipinski definition) is 4. The smallest absolute Gasteiger partial charge is 0.326 e. The third-order valence-electron chi connectivity index (χ3n) is 2.56. The van der Waals surface area contributed by atoms with E-state index in [9.17, 15) is 19.2 Å². The standard InChI is InChI=1S/C12H14N2O6/c15-9-4-5-13-6-7(9)11(18)14-8(12(19)20)2-1-3-10(16)17/h4-6,8H,1-3H2,(H,13,15)(H,14,18)(H,16,17)(H,19,20)/t8-/m1/s1. The molecule has 0 aliphatic heterocycles. The molecule has 1 rings (SSSR count). The van der Waals surface area contributed by atoms with E-state index in [1.165, 1.54) is 12.4 Å². The number of rotatable bonds is 7. The van der Waals surface area contributed by atoms with Gasteiger partial charge in [-0.3, -0.25) is 14.4 Å². The number of aromatic amines is 1. The second-order valence-electron chi connectivity index (χ2n) is 4.07. The Bertz CT molecular complexity index is 565. The number of carboxylic acid groups (broad SMARTS) is 2. The molecule has 8 heteroatoms. The number of hydrogen-bond acceptors (Lipinski definition) is 4. The Morgan fingerprint density at radius 3 is 2.55 bits per heavy atom. The van der Waals surface area contributed by atoms with Crippen LogP contribution in [0.2, 0.25) is 0 Å². The molecule has 0 aliphatic rings. The summed E-state index contributed by atoms with van der Waals surface area (Å²) in [5.74, 6) is -3.13. The zero-order valence-electron chi connectivity index (χ0n) is 10.5. The Labute approximate surface area is 113 Å². The molecular weight excluding hydrogens is 268 g/mol. The number of carbonyl (C=O) groups is 3. The maximum absolute atomic E-state index is 11.8. The van der Waals surface area contributed by atoms with Gasteiger partial charge in [0, 0.05) is 24.9 Å². The number of pyridine rings is 1. The molecule has 1 atom stereocenters. The van der Waals surface area contributed by atoms with Crippen LogP contribution in [0.1, 0.15) is 29.6 Å². The van der Waals surface area contributed by atoms with E-state index < -0.39 is 29.3 Å². The minimum atomic E-state index is -1.28. The molecule has 0 bridgehead atoms. The largest absolute Gasteiger partial charge is 0.481 e. The third kappa shape index (κ3) is 4.56. The Balaban J connectivity index is 2.69. The minimum Gasteiger partial charge on any atom is -0.481 e. The SMILES string of the molecule is O=C(O)CCC[C@@H](NC(=O)c1c[nH]ccc1=O)C(=O)O. The van der Waals surface area contributed by atoms with E-state index in [-0.39, 0.29) is 24.8 Å². The molecule has 8 nitrogen and oxygen atoms in total. The van der Waals surface area contributed by atoms with Gasteiger partial charge in [-0.2, -0.15) is 0 Å². The fourth-order valence-corrected chi connectivity index (χ4v) is 1.54. The summed E-state index contributed by atoms with van der Waals surface area (Å²) in [4.78, 5) is 47.1. The number of H-pyrrole nitrogens is 1. The Morgan fingerprint density at radius 2 is 2.00 bits per heavy atom. The fraction of sp³-hybridized carbons (Fsp3) is 0.333. The summed E-state index contributed by atoms with van der Waals surface area (Å²) in [5, 5.41) is 19.6. The summed E-state index contributed by atoms with van der Waals surface area (Å²) in [6, 6.07) is -0.0868. The lowest BCUT2D eigenvalue weighted by Gasteiger charge is -2.13. The van der Waals surface area contributed by atoms with Crippen molar-refractivity contribution in [3.8, 4) is 0 Å². The van der Waals surface area contributed by atoms with Gasteiger partial charge in [-0.25, -0.2) is 4.79 Å². The van der Waals surface area contributed by atoms with E-state index in [1.54, 1.807) is 0 Å². The van der Waals surface area contributed by atoms with Gasteiger partial charge in [0.05, 0.1) is 0 Å². The maximum Gasteiger partial charge on any atom is 0.326 e. The zero-order valence-corrected chi connectivity index (χ0v) is 10.5. The van der Waals surface area contributed by atoms with Gasteiger partial charge in [-0.05, 0) is 12.8 Å². The molecule has 0 radical (unpaired) electrons. The zero-order chi connectivity index (χ0) is 15.1. The van der Waals surface area contributed by atoms with E-state index >= 15 is 0 Å². The number of amides is 1. The van der Waals surface area contributed by atoms with Crippen LogP contribution in [0.5, 0.6) is 0 Å². The molecule has 4 N–H and O–H groups in total. The molecule has 20 heavy (non-hydrogen) atoms. The summed E-state index contributed by atoms with van der Waals surface area (Å²) in [6.45, 7) is 0. The van der Waals surface area contributed by atoms with Crippen molar-refractivity contribution in [2.75, 3.05) is 0 Å². The molecule has 0 saturated heterocycles. The first-order chi connectivity index (χ1) is 9.41. The van der Waals surface area contributed by atoms with Crippen LogP contribution < -0.4 is 10.7 Å². The summed E-state index contributed by atoms with van der Waals surface area (Å²) in [7, 11) is 0. The van der Waals surface area contributed by atoms with E-state index in [1.807, 2.05) is 0 Å². The van der Waals surface area contributed by atoms with Gasteiger partial charge >= 0.3 is 11.9 Å². The van der Waals surface area contributed by atoms with Gasteiger partial charge in [0.2, 0.25) is 0 Å². The number of nitrogens with one attached hydrogen (secondary N) is 2. The predicted molar refractivity (Wildman–Crippen MR) is 67.4 cm³/mol. The summed E-state index contributed by atoms with van der Waals surface area (Å²) in [5.41, 5.74) is -0.729. The van der Waals surface area contributed by atoms with E-state index in [2.05, 4.69) is 10.3 Å². The second kappa shape index (κ2) is 7.07. The highest BCUT2D eigenvalue weighted by atomic mass is 16.4. The molecule has 0 spiro atoms. The Hall–Kier alpha value is -2.64. The van der Waals surface area contributed by atoms with Crippen LogP contribution in [0.4, 0.5) is 0 Å². The average Bonchev–Trinajstić information content (AvgIpc) is 2.37. The molecule has 0 unspecified atom stereocenters. The van der Waals surface area contributed by atoms with Crippen molar-refractivity contribution >= 4 is 17.8 Å². The van der Waals surface area contributed by atoms with Crippen LogP contribution in [-0.4, -0.2) is 39.1 Å². The lowest BCUT2D eigenvalue weighted by Crippen LogP contribution is -2.42. The number of aromatic nitrogens is 1. The van der Waals surface area contributed by atoms with Crippen LogP contribution in [0, 0.1) is 0 Å². The van der Waals surface area contributed by atoms with Crippen molar-refractivity contribution in [1.29, 1.82) is 0 Å². The van der Waals surface area contributed by atoms with Crippen LogP contribution in [0.3, 0.4) is 0 Å². The summed E-state index contributed by atoms with van der Waals surface area (Å²) < 4.78 is 0. The van der Waals surface area contributed by atoms with Crippen molar-refractivity contribution in [1.82, 2.24) is 10.3 Å². The molecule has 0 fully saturated rings. The second-order valence-corrected chi connectivity index (χ2v) is 4.07. The number of aliphatic carboxylic acids is 2.